The van der Waals surface area contributed by atoms with Crippen LogP contribution in [0.5, 0.6) is 0 Å². The maximum atomic E-state index is 11.6. The summed E-state index contributed by atoms with van der Waals surface area (Å²) in [6.07, 6.45) is 5.31. The molecule has 2 N–H and O–H groups in total. The van der Waals surface area contributed by atoms with Crippen molar-refractivity contribution in [2.24, 2.45) is 0 Å². The molecule has 0 aliphatic carbocycles. The number of halogens is 1. The van der Waals surface area contributed by atoms with Crippen molar-refractivity contribution in [3.05, 3.63) is 77.7 Å². The zero-order chi connectivity index (χ0) is 17.4. The molecule has 2 heterocycles. The smallest absolute Gasteiger partial charge is 0.336 e. The molecule has 0 bridgehead atoms. The molecule has 0 saturated carbocycles. The Morgan fingerprint density at radius 3 is 2.60 bits per heavy atom. The number of nitrogens with one attached hydrogen (secondary N) is 1. The molecule has 0 amide bonds. The number of hydrogen-bond donors (Lipinski definition) is 2. The molecule has 2 aromatic carbocycles. The molecule has 4 rings (SSSR count). The molecule has 4 nitrogen and oxygen atoms in total. The van der Waals surface area contributed by atoms with E-state index in [0.717, 1.165) is 27.8 Å². The van der Waals surface area contributed by atoms with Crippen LogP contribution in [0, 0.1) is 0 Å². The van der Waals surface area contributed by atoms with Crippen LogP contribution in [0.2, 0.25) is 5.02 Å². The highest BCUT2D eigenvalue weighted by Gasteiger charge is 2.15. The van der Waals surface area contributed by atoms with Gasteiger partial charge in [-0.15, -0.1) is 0 Å². The number of benzene rings is 2. The molecule has 2 aromatic heterocycles. The van der Waals surface area contributed by atoms with Gasteiger partial charge in [-0.25, -0.2) is 4.79 Å². The van der Waals surface area contributed by atoms with Gasteiger partial charge in [0.25, 0.3) is 0 Å². The van der Waals surface area contributed by atoms with Gasteiger partial charge < -0.3 is 10.1 Å². The molecule has 0 aliphatic rings. The largest absolute Gasteiger partial charge is 0.478 e. The number of H-pyrrole nitrogens is 1. The number of aromatic amines is 1. The van der Waals surface area contributed by atoms with Crippen molar-refractivity contribution in [2.75, 3.05) is 0 Å². The first kappa shape index (κ1) is 15.4. The zero-order valence-electron chi connectivity index (χ0n) is 13.0. The fraction of sp³-hybridized carbons (Fsp3) is 0. The molecule has 0 atom stereocenters. The van der Waals surface area contributed by atoms with Crippen molar-refractivity contribution < 1.29 is 9.90 Å². The van der Waals surface area contributed by atoms with Crippen LogP contribution in [-0.2, 0) is 0 Å². The summed E-state index contributed by atoms with van der Waals surface area (Å²) in [5.41, 5.74) is 4.58. The van der Waals surface area contributed by atoms with E-state index in [1.807, 2.05) is 42.6 Å². The molecule has 5 heteroatoms. The Morgan fingerprint density at radius 2 is 1.80 bits per heavy atom. The average Bonchev–Trinajstić information content (AvgIpc) is 3.06. The maximum absolute atomic E-state index is 11.6. The number of carbonyl (C=O) groups is 1. The van der Waals surface area contributed by atoms with E-state index in [0.29, 0.717) is 10.4 Å². The lowest BCUT2D eigenvalue weighted by Crippen LogP contribution is -1.97. The second-order valence-electron chi connectivity index (χ2n) is 5.71. The molecule has 0 fully saturated rings. The van der Waals surface area contributed by atoms with Crippen LogP contribution < -0.4 is 0 Å². The number of pyridine rings is 1. The van der Waals surface area contributed by atoms with Gasteiger partial charge in [-0.2, -0.15) is 0 Å². The van der Waals surface area contributed by atoms with E-state index in [4.69, 9.17) is 11.6 Å². The van der Waals surface area contributed by atoms with Gasteiger partial charge in [0, 0.05) is 51.2 Å². The number of fused-ring (bicyclic) bond motifs is 1. The van der Waals surface area contributed by atoms with E-state index in [2.05, 4.69) is 9.97 Å². The van der Waals surface area contributed by atoms with Gasteiger partial charge in [-0.05, 0) is 35.9 Å². The van der Waals surface area contributed by atoms with Crippen molar-refractivity contribution in [1.29, 1.82) is 0 Å². The predicted octanol–water partition coefficient (Wildman–Crippen LogP) is 5.25. The summed E-state index contributed by atoms with van der Waals surface area (Å²) in [4.78, 5) is 19.0. The molecule has 25 heavy (non-hydrogen) atoms. The minimum atomic E-state index is -0.953. The lowest BCUT2D eigenvalue weighted by molar-refractivity contribution is 0.0699. The SMILES string of the molecule is O=C(O)c1cccc2[nH]cc(-c3cncc(-c4cccc(Cl)c4)c3)c12. The topological polar surface area (TPSA) is 66.0 Å². The second-order valence-corrected chi connectivity index (χ2v) is 6.14. The van der Waals surface area contributed by atoms with Crippen molar-refractivity contribution in [2.45, 2.75) is 0 Å². The predicted molar refractivity (Wildman–Crippen MR) is 98.9 cm³/mol. The first-order valence-corrected chi connectivity index (χ1v) is 8.06. The van der Waals surface area contributed by atoms with Crippen LogP contribution in [0.3, 0.4) is 0 Å². The Labute approximate surface area is 148 Å². The van der Waals surface area contributed by atoms with Gasteiger partial charge in [0.1, 0.15) is 0 Å². The van der Waals surface area contributed by atoms with Crippen LogP contribution >= 0.6 is 11.6 Å². The summed E-state index contributed by atoms with van der Waals surface area (Å²) < 4.78 is 0. The summed E-state index contributed by atoms with van der Waals surface area (Å²) in [6.45, 7) is 0. The Morgan fingerprint density at radius 1 is 1.00 bits per heavy atom. The highest BCUT2D eigenvalue weighted by molar-refractivity contribution is 6.30. The number of aromatic carboxylic acids is 1. The van der Waals surface area contributed by atoms with Crippen LogP contribution in [0.25, 0.3) is 33.2 Å². The van der Waals surface area contributed by atoms with Gasteiger partial charge >= 0.3 is 5.97 Å². The van der Waals surface area contributed by atoms with E-state index in [9.17, 15) is 9.90 Å². The van der Waals surface area contributed by atoms with E-state index in [-0.39, 0.29) is 5.56 Å². The zero-order valence-corrected chi connectivity index (χ0v) is 13.8. The van der Waals surface area contributed by atoms with Gasteiger partial charge in [0.05, 0.1) is 5.56 Å². The highest BCUT2D eigenvalue weighted by Crippen LogP contribution is 2.33. The van der Waals surface area contributed by atoms with Gasteiger partial charge in [0.2, 0.25) is 0 Å². The molecule has 0 saturated heterocycles. The second kappa shape index (κ2) is 6.07. The number of nitrogens with zero attached hydrogens (tertiary/aromatic N) is 1. The van der Waals surface area contributed by atoms with Crippen molar-refractivity contribution in [3.63, 3.8) is 0 Å². The monoisotopic (exact) mass is 348 g/mol. The Hall–Kier alpha value is -3.11. The quantitative estimate of drug-likeness (QED) is 0.531. The first-order chi connectivity index (χ1) is 12.1. The molecule has 0 radical (unpaired) electrons. The number of carboxylic acid groups (broad SMARTS) is 1. The number of carboxylic acids is 1. The van der Waals surface area contributed by atoms with E-state index in [1.54, 1.807) is 24.5 Å². The van der Waals surface area contributed by atoms with Crippen LogP contribution in [-0.4, -0.2) is 21.0 Å². The van der Waals surface area contributed by atoms with Crippen LogP contribution in [0.4, 0.5) is 0 Å². The molecule has 0 aliphatic heterocycles. The minimum absolute atomic E-state index is 0.266. The summed E-state index contributed by atoms with van der Waals surface area (Å²) in [7, 11) is 0. The molecular weight excluding hydrogens is 336 g/mol. The lowest BCUT2D eigenvalue weighted by atomic mass is 9.99. The standard InChI is InChI=1S/C20H13ClN2O2/c21-15-4-1-3-12(8-15)13-7-14(10-22-9-13)17-11-23-18-6-2-5-16(19(17)18)20(24)25/h1-11,23H,(H,24,25). The fourth-order valence-electron chi connectivity index (χ4n) is 3.00. The summed E-state index contributed by atoms with van der Waals surface area (Å²) in [5.74, 6) is -0.953. The molecule has 0 spiro atoms. The third-order valence-corrected chi connectivity index (χ3v) is 4.38. The van der Waals surface area contributed by atoms with Gasteiger partial charge in [-0.3, -0.25) is 4.98 Å². The minimum Gasteiger partial charge on any atom is -0.478 e. The molecule has 122 valence electrons. The maximum Gasteiger partial charge on any atom is 0.336 e. The Balaban J connectivity index is 1.90. The highest BCUT2D eigenvalue weighted by atomic mass is 35.5. The Bertz CT molecular complexity index is 1100. The van der Waals surface area contributed by atoms with Crippen LogP contribution in [0.1, 0.15) is 10.4 Å². The third kappa shape index (κ3) is 2.77. The Kier molecular flexibility index (Phi) is 3.75. The number of rotatable bonds is 3. The number of aromatic nitrogens is 2. The van der Waals surface area contributed by atoms with Crippen molar-refractivity contribution in [3.8, 4) is 22.3 Å². The van der Waals surface area contributed by atoms with E-state index >= 15 is 0 Å². The van der Waals surface area contributed by atoms with Gasteiger partial charge in [0.15, 0.2) is 0 Å². The normalized spacial score (nSPS) is 10.9. The van der Waals surface area contributed by atoms with Gasteiger partial charge in [-0.1, -0.05) is 29.8 Å². The third-order valence-electron chi connectivity index (χ3n) is 4.14. The van der Waals surface area contributed by atoms with E-state index in [1.165, 1.54) is 0 Å². The van der Waals surface area contributed by atoms with Crippen molar-refractivity contribution >= 4 is 28.5 Å². The average molecular weight is 349 g/mol. The molecule has 4 aromatic rings. The van der Waals surface area contributed by atoms with Crippen LogP contribution in [0.15, 0.2) is 67.1 Å². The lowest BCUT2D eigenvalue weighted by Gasteiger charge is -2.06. The number of hydrogen-bond acceptors (Lipinski definition) is 2. The summed E-state index contributed by atoms with van der Waals surface area (Å²) in [6, 6.07) is 14.7. The fourth-order valence-corrected chi connectivity index (χ4v) is 3.19. The van der Waals surface area contributed by atoms with Crippen molar-refractivity contribution in [1.82, 2.24) is 9.97 Å². The molecular formula is C20H13ClN2O2. The summed E-state index contributed by atoms with van der Waals surface area (Å²) in [5, 5.41) is 10.8. The van der Waals surface area contributed by atoms with E-state index < -0.39 is 5.97 Å². The summed E-state index contributed by atoms with van der Waals surface area (Å²) >= 11 is 6.08. The first-order valence-electron chi connectivity index (χ1n) is 7.68. The molecule has 0 unspecified atom stereocenters.